The van der Waals surface area contributed by atoms with Gasteiger partial charge in [0.25, 0.3) is 5.91 Å². The van der Waals surface area contributed by atoms with E-state index >= 15 is 0 Å². The van der Waals surface area contributed by atoms with E-state index in [0.717, 1.165) is 11.1 Å². The van der Waals surface area contributed by atoms with E-state index in [4.69, 9.17) is 21.1 Å². The number of carbonyl (C=O) groups is 3. The number of anilines is 1. The minimum atomic E-state index is -0.444. The van der Waals surface area contributed by atoms with Gasteiger partial charge in [-0.3, -0.25) is 4.79 Å². The molecule has 1 amide bonds. The number of fused-ring (bicyclic) bond motifs is 1. The first-order valence-corrected chi connectivity index (χ1v) is 10.5. The second kappa shape index (κ2) is 9.24. The molecule has 4 rings (SSSR count). The first-order valence-electron chi connectivity index (χ1n) is 10.1. The van der Waals surface area contributed by atoms with E-state index in [2.05, 4.69) is 5.32 Å². The summed E-state index contributed by atoms with van der Waals surface area (Å²) in [5.74, 6) is -1.16. The minimum absolute atomic E-state index is 0.294. The normalized spacial score (nSPS) is 14.8. The zero-order valence-electron chi connectivity index (χ0n) is 17.3. The van der Waals surface area contributed by atoms with Crippen LogP contribution < -0.4 is 5.32 Å². The predicted octanol–water partition coefficient (Wildman–Crippen LogP) is 5.22. The predicted molar refractivity (Wildman–Crippen MR) is 120 cm³/mol. The molecule has 0 saturated heterocycles. The zero-order valence-corrected chi connectivity index (χ0v) is 18.0. The van der Waals surface area contributed by atoms with Crippen molar-refractivity contribution in [2.24, 2.45) is 0 Å². The molecule has 3 aromatic rings. The van der Waals surface area contributed by atoms with Gasteiger partial charge in [0, 0.05) is 22.7 Å². The number of ether oxygens (including phenoxy) is 2. The Morgan fingerprint density at radius 3 is 2.41 bits per heavy atom. The van der Waals surface area contributed by atoms with Crippen LogP contribution in [0.4, 0.5) is 5.69 Å². The molecule has 0 aromatic heterocycles. The van der Waals surface area contributed by atoms with E-state index < -0.39 is 18.0 Å². The van der Waals surface area contributed by atoms with Crippen LogP contribution in [0.2, 0.25) is 5.02 Å². The van der Waals surface area contributed by atoms with Gasteiger partial charge >= 0.3 is 11.9 Å². The Hall–Kier alpha value is -3.64. The Labute approximate surface area is 190 Å². The van der Waals surface area contributed by atoms with E-state index in [9.17, 15) is 14.4 Å². The smallest absolute Gasteiger partial charge is 0.339 e. The molecule has 0 unspecified atom stereocenters. The van der Waals surface area contributed by atoms with Crippen LogP contribution in [-0.4, -0.2) is 24.5 Å². The van der Waals surface area contributed by atoms with Crippen molar-refractivity contribution in [3.05, 3.63) is 99.6 Å². The number of cyclic esters (lactones) is 1. The van der Waals surface area contributed by atoms with Crippen LogP contribution in [0.5, 0.6) is 0 Å². The van der Waals surface area contributed by atoms with Crippen LogP contribution in [0.3, 0.4) is 0 Å². The lowest BCUT2D eigenvalue weighted by Crippen LogP contribution is -2.23. The van der Waals surface area contributed by atoms with Crippen LogP contribution in [0.25, 0.3) is 0 Å². The third-order valence-corrected chi connectivity index (χ3v) is 5.39. The van der Waals surface area contributed by atoms with Crippen molar-refractivity contribution in [3.63, 3.8) is 0 Å². The molecule has 3 aromatic carbocycles. The van der Waals surface area contributed by atoms with Crippen molar-refractivity contribution in [2.75, 3.05) is 11.9 Å². The van der Waals surface area contributed by atoms with Crippen LogP contribution in [0, 0.1) is 0 Å². The molecular weight excluding hydrogens is 430 g/mol. The van der Waals surface area contributed by atoms with Gasteiger partial charge in [0.2, 0.25) is 0 Å². The molecule has 7 heteroatoms. The summed E-state index contributed by atoms with van der Waals surface area (Å²) in [5, 5.41) is 3.40. The molecule has 0 fully saturated rings. The van der Waals surface area contributed by atoms with Crippen molar-refractivity contribution in [1.29, 1.82) is 0 Å². The van der Waals surface area contributed by atoms with E-state index in [1.807, 2.05) is 12.1 Å². The molecule has 0 radical (unpaired) electrons. The largest absolute Gasteiger partial charge is 0.462 e. The van der Waals surface area contributed by atoms with E-state index in [-0.39, 0.29) is 5.91 Å². The topological polar surface area (TPSA) is 81.7 Å². The van der Waals surface area contributed by atoms with Crippen LogP contribution >= 0.6 is 11.6 Å². The second-order valence-corrected chi connectivity index (χ2v) is 7.71. The Morgan fingerprint density at radius 2 is 1.72 bits per heavy atom. The summed E-state index contributed by atoms with van der Waals surface area (Å²) in [4.78, 5) is 37.0. The van der Waals surface area contributed by atoms with Crippen molar-refractivity contribution in [2.45, 2.75) is 19.4 Å². The van der Waals surface area contributed by atoms with Crippen molar-refractivity contribution in [3.8, 4) is 0 Å². The molecule has 0 bridgehead atoms. The van der Waals surface area contributed by atoms with E-state index in [1.165, 1.54) is 0 Å². The third kappa shape index (κ3) is 4.65. The minimum Gasteiger partial charge on any atom is -0.462 e. The van der Waals surface area contributed by atoms with Crippen LogP contribution in [0.15, 0.2) is 66.7 Å². The molecule has 0 spiro atoms. The fraction of sp³-hybridized carbons (Fsp3) is 0.160. The van der Waals surface area contributed by atoms with E-state index in [0.29, 0.717) is 40.4 Å². The average molecular weight is 450 g/mol. The molecule has 0 saturated carbocycles. The fourth-order valence-corrected chi connectivity index (χ4v) is 3.63. The highest BCUT2D eigenvalue weighted by molar-refractivity contribution is 6.30. The Morgan fingerprint density at radius 1 is 1.03 bits per heavy atom. The quantitative estimate of drug-likeness (QED) is 0.540. The Balaban J connectivity index is 1.50. The molecule has 162 valence electrons. The van der Waals surface area contributed by atoms with Gasteiger partial charge in [-0.1, -0.05) is 23.7 Å². The number of esters is 2. The molecular formula is C25H20ClNO5. The third-order valence-electron chi connectivity index (χ3n) is 5.14. The van der Waals surface area contributed by atoms with Gasteiger partial charge in [0.05, 0.1) is 17.7 Å². The van der Waals surface area contributed by atoms with Crippen molar-refractivity contribution < 1.29 is 23.9 Å². The lowest BCUT2D eigenvalue weighted by atomic mass is 9.93. The van der Waals surface area contributed by atoms with Gasteiger partial charge in [0.15, 0.2) is 0 Å². The SMILES string of the molecule is CCOC(=O)c1ccc(NC(=O)c2ccc3c(c2)C[C@H](c2ccc(Cl)cc2)OC3=O)cc1. The summed E-state index contributed by atoms with van der Waals surface area (Å²) < 4.78 is 10.5. The summed E-state index contributed by atoms with van der Waals surface area (Å²) in [6, 6.07) is 18.5. The van der Waals surface area contributed by atoms with Crippen LogP contribution in [0.1, 0.15) is 55.2 Å². The van der Waals surface area contributed by atoms with Gasteiger partial charge in [-0.2, -0.15) is 0 Å². The first kappa shape index (κ1) is 21.6. The van der Waals surface area contributed by atoms with Gasteiger partial charge in [0.1, 0.15) is 6.10 Å². The lowest BCUT2D eigenvalue weighted by Gasteiger charge is -2.25. The number of amides is 1. The summed E-state index contributed by atoms with van der Waals surface area (Å²) in [5.41, 5.74) is 3.40. The average Bonchev–Trinajstić information content (AvgIpc) is 2.79. The van der Waals surface area contributed by atoms with Crippen LogP contribution in [-0.2, 0) is 15.9 Å². The number of carbonyl (C=O) groups excluding carboxylic acids is 3. The highest BCUT2D eigenvalue weighted by atomic mass is 35.5. The Kier molecular flexibility index (Phi) is 6.23. The molecule has 32 heavy (non-hydrogen) atoms. The number of hydrogen-bond acceptors (Lipinski definition) is 5. The zero-order chi connectivity index (χ0) is 22.7. The molecule has 1 aliphatic rings. The summed E-state index contributed by atoms with van der Waals surface area (Å²) in [6.45, 7) is 2.03. The second-order valence-electron chi connectivity index (χ2n) is 7.27. The maximum absolute atomic E-state index is 12.8. The monoisotopic (exact) mass is 449 g/mol. The maximum atomic E-state index is 12.8. The lowest BCUT2D eigenvalue weighted by molar-refractivity contribution is 0.0252. The summed E-state index contributed by atoms with van der Waals surface area (Å²) >= 11 is 5.95. The number of hydrogen-bond donors (Lipinski definition) is 1. The van der Waals surface area contributed by atoms with Gasteiger partial charge in [-0.05, 0) is 72.6 Å². The van der Waals surface area contributed by atoms with Crippen molar-refractivity contribution in [1.82, 2.24) is 0 Å². The first-order chi connectivity index (χ1) is 15.4. The number of rotatable bonds is 5. The molecule has 1 N–H and O–H groups in total. The van der Waals surface area contributed by atoms with E-state index in [1.54, 1.807) is 61.5 Å². The molecule has 1 aliphatic heterocycles. The van der Waals surface area contributed by atoms with Gasteiger partial charge in [-0.15, -0.1) is 0 Å². The van der Waals surface area contributed by atoms with Crippen molar-refractivity contribution >= 4 is 35.1 Å². The van der Waals surface area contributed by atoms with Gasteiger partial charge < -0.3 is 14.8 Å². The molecule has 0 aliphatic carbocycles. The summed E-state index contributed by atoms with van der Waals surface area (Å²) in [7, 11) is 0. The summed E-state index contributed by atoms with van der Waals surface area (Å²) in [6.07, 6.45) is 0.0129. The highest BCUT2D eigenvalue weighted by Crippen LogP contribution is 2.31. The maximum Gasteiger partial charge on any atom is 0.339 e. The standard InChI is InChI=1S/C25H20ClNO5/c1-2-31-24(29)16-5-10-20(11-6-16)27-23(28)17-7-12-21-18(13-17)14-22(32-25(21)30)15-3-8-19(26)9-4-15/h3-13,22H,2,14H2,1H3,(H,27,28)/t22-/m1/s1. The number of nitrogens with one attached hydrogen (secondary N) is 1. The Bertz CT molecular complexity index is 1170. The highest BCUT2D eigenvalue weighted by Gasteiger charge is 2.28. The van der Waals surface area contributed by atoms with Gasteiger partial charge in [-0.25, -0.2) is 9.59 Å². The fourth-order valence-electron chi connectivity index (χ4n) is 3.51. The molecule has 6 nitrogen and oxygen atoms in total. The molecule has 1 atom stereocenters. The number of benzene rings is 3. The number of halogens is 1. The molecule has 1 heterocycles.